The highest BCUT2D eigenvalue weighted by Crippen LogP contribution is 2.26. The quantitative estimate of drug-likeness (QED) is 0.922. The summed E-state index contributed by atoms with van der Waals surface area (Å²) < 4.78 is 11.4. The van der Waals surface area contributed by atoms with Gasteiger partial charge in [0, 0.05) is 52.1 Å². The van der Waals surface area contributed by atoms with E-state index in [-0.39, 0.29) is 6.04 Å². The van der Waals surface area contributed by atoms with Gasteiger partial charge in [-0.3, -0.25) is 4.21 Å². The number of anilines is 1. The molecule has 0 amide bonds. The minimum Gasteiger partial charge on any atom is -0.369 e. The van der Waals surface area contributed by atoms with E-state index in [0.717, 1.165) is 36.0 Å². The standard InChI is InChI=1S/C13H19ClN2OS/c1-10(15)8-11-9-12(14)2-3-13(11)16-4-6-18(17)7-5-16/h2-3,9-10H,4-8,15H2,1H3. The normalized spacial score (nSPS) is 18.9. The van der Waals surface area contributed by atoms with Crippen molar-refractivity contribution in [3.8, 4) is 0 Å². The van der Waals surface area contributed by atoms with Crippen LogP contribution in [0.4, 0.5) is 5.69 Å². The monoisotopic (exact) mass is 286 g/mol. The van der Waals surface area contributed by atoms with Crippen molar-refractivity contribution in [3.05, 3.63) is 28.8 Å². The summed E-state index contributed by atoms with van der Waals surface area (Å²) >= 11 is 6.05. The predicted octanol–water partition coefficient (Wildman–Crippen LogP) is 1.80. The van der Waals surface area contributed by atoms with Crippen molar-refractivity contribution >= 4 is 28.1 Å². The molecule has 2 N–H and O–H groups in total. The molecule has 1 saturated heterocycles. The maximum absolute atomic E-state index is 11.4. The van der Waals surface area contributed by atoms with Gasteiger partial charge in [-0.15, -0.1) is 0 Å². The molecule has 100 valence electrons. The molecule has 1 aliphatic heterocycles. The molecule has 18 heavy (non-hydrogen) atoms. The molecule has 0 spiro atoms. The average molecular weight is 287 g/mol. The molecule has 3 nitrogen and oxygen atoms in total. The van der Waals surface area contributed by atoms with Crippen LogP contribution in [0.1, 0.15) is 12.5 Å². The zero-order chi connectivity index (χ0) is 13.1. The van der Waals surface area contributed by atoms with Crippen LogP contribution in [-0.2, 0) is 17.2 Å². The molecule has 1 unspecified atom stereocenters. The fourth-order valence-corrected chi connectivity index (χ4v) is 3.50. The number of nitrogens with zero attached hydrogens (tertiary/aromatic N) is 1. The van der Waals surface area contributed by atoms with Crippen LogP contribution in [0.2, 0.25) is 5.02 Å². The van der Waals surface area contributed by atoms with Crippen molar-refractivity contribution in [1.82, 2.24) is 0 Å². The van der Waals surface area contributed by atoms with Gasteiger partial charge in [-0.05, 0) is 37.1 Å². The second-order valence-electron chi connectivity index (χ2n) is 4.79. The Labute approximate surface area is 116 Å². The largest absolute Gasteiger partial charge is 0.369 e. The van der Waals surface area contributed by atoms with E-state index in [1.807, 2.05) is 25.1 Å². The molecular formula is C13H19ClN2OS. The molecular weight excluding hydrogens is 268 g/mol. The topological polar surface area (TPSA) is 46.3 Å². The van der Waals surface area contributed by atoms with Crippen molar-refractivity contribution in [2.75, 3.05) is 29.5 Å². The van der Waals surface area contributed by atoms with Gasteiger partial charge >= 0.3 is 0 Å². The second kappa shape index (κ2) is 6.04. The molecule has 1 aromatic carbocycles. The summed E-state index contributed by atoms with van der Waals surface area (Å²) in [6.45, 7) is 3.69. The summed E-state index contributed by atoms with van der Waals surface area (Å²) in [7, 11) is -0.649. The summed E-state index contributed by atoms with van der Waals surface area (Å²) in [5.74, 6) is 1.50. The first kappa shape index (κ1) is 13.8. The van der Waals surface area contributed by atoms with Gasteiger partial charge < -0.3 is 10.6 Å². The van der Waals surface area contributed by atoms with Crippen molar-refractivity contribution in [2.24, 2.45) is 5.73 Å². The summed E-state index contributed by atoms with van der Waals surface area (Å²) in [5.41, 5.74) is 8.26. The second-order valence-corrected chi connectivity index (χ2v) is 6.92. The van der Waals surface area contributed by atoms with Crippen LogP contribution in [0.15, 0.2) is 18.2 Å². The van der Waals surface area contributed by atoms with Gasteiger partial charge in [-0.2, -0.15) is 0 Å². The van der Waals surface area contributed by atoms with Gasteiger partial charge in [-0.1, -0.05) is 11.6 Å². The highest BCUT2D eigenvalue weighted by atomic mass is 35.5. The van der Waals surface area contributed by atoms with Crippen LogP contribution < -0.4 is 10.6 Å². The first-order valence-electron chi connectivity index (χ1n) is 6.20. The Hall–Kier alpha value is -0.580. The molecule has 1 fully saturated rings. The number of halogens is 1. The third-order valence-electron chi connectivity index (χ3n) is 3.10. The molecule has 5 heteroatoms. The highest BCUT2D eigenvalue weighted by Gasteiger charge is 2.18. The van der Waals surface area contributed by atoms with Crippen molar-refractivity contribution < 1.29 is 4.21 Å². The number of rotatable bonds is 3. The van der Waals surface area contributed by atoms with E-state index in [1.54, 1.807) is 0 Å². The van der Waals surface area contributed by atoms with E-state index < -0.39 is 10.8 Å². The summed E-state index contributed by atoms with van der Waals surface area (Å²) in [6.07, 6.45) is 0.815. The molecule has 0 radical (unpaired) electrons. The van der Waals surface area contributed by atoms with Crippen LogP contribution in [0, 0.1) is 0 Å². The number of nitrogens with two attached hydrogens (primary N) is 1. The Morgan fingerprint density at radius 2 is 2.11 bits per heavy atom. The first-order chi connectivity index (χ1) is 8.56. The lowest BCUT2D eigenvalue weighted by atomic mass is 10.0. The smallest absolute Gasteiger partial charge is 0.0411 e. The molecule has 0 aliphatic carbocycles. The fraction of sp³-hybridized carbons (Fsp3) is 0.538. The molecule has 1 atom stereocenters. The molecule has 0 bridgehead atoms. The van der Waals surface area contributed by atoms with Crippen LogP contribution in [0.25, 0.3) is 0 Å². The third-order valence-corrected chi connectivity index (χ3v) is 4.61. The van der Waals surface area contributed by atoms with E-state index in [4.69, 9.17) is 17.3 Å². The molecule has 0 aromatic heterocycles. The molecule has 1 aromatic rings. The van der Waals surface area contributed by atoms with Gasteiger partial charge in [0.15, 0.2) is 0 Å². The van der Waals surface area contributed by atoms with Crippen LogP contribution in [0.5, 0.6) is 0 Å². The molecule has 1 aliphatic rings. The minimum atomic E-state index is -0.649. The van der Waals surface area contributed by atoms with Crippen LogP contribution in [-0.4, -0.2) is 34.8 Å². The highest BCUT2D eigenvalue weighted by molar-refractivity contribution is 7.85. The van der Waals surface area contributed by atoms with Crippen LogP contribution >= 0.6 is 11.6 Å². The van der Waals surface area contributed by atoms with E-state index in [0.29, 0.717) is 0 Å². The molecule has 1 heterocycles. The Morgan fingerprint density at radius 3 is 2.72 bits per heavy atom. The fourth-order valence-electron chi connectivity index (χ4n) is 2.25. The summed E-state index contributed by atoms with van der Waals surface area (Å²) in [4.78, 5) is 2.29. The van der Waals surface area contributed by atoms with Crippen molar-refractivity contribution in [2.45, 2.75) is 19.4 Å². The number of hydrogen-bond acceptors (Lipinski definition) is 3. The first-order valence-corrected chi connectivity index (χ1v) is 8.07. The lowest BCUT2D eigenvalue weighted by molar-refractivity contribution is 0.672. The zero-order valence-corrected chi connectivity index (χ0v) is 12.1. The van der Waals surface area contributed by atoms with Gasteiger partial charge in [0.05, 0.1) is 0 Å². The third kappa shape index (κ3) is 3.46. The number of benzene rings is 1. The Balaban J connectivity index is 2.23. The molecule has 0 saturated carbocycles. The van der Waals surface area contributed by atoms with Gasteiger partial charge in [0.2, 0.25) is 0 Å². The van der Waals surface area contributed by atoms with Gasteiger partial charge in [-0.25, -0.2) is 0 Å². The maximum Gasteiger partial charge on any atom is 0.0411 e. The SMILES string of the molecule is CC(N)Cc1cc(Cl)ccc1N1CCS(=O)CC1. The Bertz CT molecular complexity index is 441. The van der Waals surface area contributed by atoms with E-state index >= 15 is 0 Å². The summed E-state index contributed by atoms with van der Waals surface area (Å²) in [6, 6.07) is 6.06. The zero-order valence-electron chi connectivity index (χ0n) is 10.6. The van der Waals surface area contributed by atoms with E-state index in [2.05, 4.69) is 4.90 Å². The van der Waals surface area contributed by atoms with Gasteiger partial charge in [0.25, 0.3) is 0 Å². The van der Waals surface area contributed by atoms with Crippen molar-refractivity contribution in [1.29, 1.82) is 0 Å². The predicted molar refractivity (Wildman–Crippen MR) is 78.9 cm³/mol. The van der Waals surface area contributed by atoms with E-state index in [1.165, 1.54) is 11.3 Å². The Morgan fingerprint density at radius 1 is 1.44 bits per heavy atom. The maximum atomic E-state index is 11.4. The number of hydrogen-bond donors (Lipinski definition) is 1. The minimum absolute atomic E-state index is 0.112. The van der Waals surface area contributed by atoms with Crippen molar-refractivity contribution in [3.63, 3.8) is 0 Å². The van der Waals surface area contributed by atoms with Crippen LogP contribution in [0.3, 0.4) is 0 Å². The summed E-state index contributed by atoms with van der Waals surface area (Å²) in [5, 5.41) is 0.745. The lowest BCUT2D eigenvalue weighted by Crippen LogP contribution is -2.38. The average Bonchev–Trinajstić information content (AvgIpc) is 2.30. The molecule has 2 rings (SSSR count). The lowest BCUT2D eigenvalue weighted by Gasteiger charge is -2.30. The Kier molecular flexibility index (Phi) is 4.65. The van der Waals surface area contributed by atoms with Gasteiger partial charge in [0.1, 0.15) is 0 Å². The van der Waals surface area contributed by atoms with E-state index in [9.17, 15) is 4.21 Å².